The van der Waals surface area contributed by atoms with Crippen LogP contribution in [0.3, 0.4) is 0 Å². The van der Waals surface area contributed by atoms with Crippen LogP contribution in [-0.2, 0) is 10.1 Å². The number of carbonyl (C=O) groups is 1. The van der Waals surface area contributed by atoms with Gasteiger partial charge in [0.15, 0.2) is 0 Å². The van der Waals surface area contributed by atoms with Gasteiger partial charge in [-0.1, -0.05) is 0 Å². The van der Waals surface area contributed by atoms with Gasteiger partial charge in [-0.05, 0) is 137 Å². The van der Waals surface area contributed by atoms with Gasteiger partial charge in [0.2, 0.25) is 0 Å². The number of hydrogen-bond donors (Lipinski definition) is 1. The van der Waals surface area contributed by atoms with E-state index in [-0.39, 0.29) is 10.6 Å². The third kappa shape index (κ3) is 4.84. The number of halogens is 5. The molecule has 0 heterocycles. The Morgan fingerprint density at radius 3 is 1.67 bits per heavy atom. The lowest BCUT2D eigenvalue weighted by Crippen LogP contribution is -2.15. The minimum atomic E-state index is -4.28. The number of carbonyl (C=O) groups excluding carboxylic acids is 1. The second kappa shape index (κ2) is 8.65. The average Bonchev–Trinajstić information content (AvgIpc) is 2.51. The molecule has 2 rings (SSSR count). The van der Waals surface area contributed by atoms with Crippen molar-refractivity contribution >= 4 is 129 Å². The van der Waals surface area contributed by atoms with Crippen LogP contribution < -0.4 is 4.74 Å². The number of esters is 1. The lowest BCUT2D eigenvalue weighted by atomic mass is 10.2. The first-order chi connectivity index (χ1) is 11.0. The molecule has 5 nitrogen and oxygen atoms in total. The van der Waals surface area contributed by atoms with E-state index in [0.29, 0.717) is 5.56 Å². The molecule has 0 aliphatic carbocycles. The molecule has 128 valence electrons. The number of ether oxygens (including phenoxy) is 1. The normalized spacial score (nSPS) is 11.4. The van der Waals surface area contributed by atoms with E-state index in [1.807, 2.05) is 0 Å². The highest BCUT2D eigenvalue weighted by molar-refractivity contribution is 14.1. The Balaban J connectivity index is 2.38. The zero-order chi connectivity index (χ0) is 18.2. The van der Waals surface area contributed by atoms with Crippen molar-refractivity contribution < 1.29 is 22.5 Å². The van der Waals surface area contributed by atoms with Gasteiger partial charge in [0, 0.05) is 17.9 Å². The van der Waals surface area contributed by atoms with Gasteiger partial charge in [-0.25, -0.2) is 4.79 Å². The van der Waals surface area contributed by atoms with Crippen LogP contribution in [0.4, 0.5) is 0 Å². The van der Waals surface area contributed by atoms with Gasteiger partial charge in [0.1, 0.15) is 5.75 Å². The number of rotatable bonds is 3. The van der Waals surface area contributed by atoms with E-state index in [0.717, 1.165) is 17.9 Å². The van der Waals surface area contributed by atoms with Crippen molar-refractivity contribution in [2.45, 2.75) is 4.90 Å². The molecular weight excluding hydrogens is 903 g/mol. The van der Waals surface area contributed by atoms with Gasteiger partial charge in [0.25, 0.3) is 10.1 Å². The van der Waals surface area contributed by atoms with Gasteiger partial charge in [-0.2, -0.15) is 8.42 Å². The Kier molecular flexibility index (Phi) is 7.85. The van der Waals surface area contributed by atoms with Crippen LogP contribution >= 0.6 is 113 Å². The van der Waals surface area contributed by atoms with Crippen molar-refractivity contribution in [1.29, 1.82) is 0 Å². The third-order valence-corrected chi connectivity index (χ3v) is 13.1. The molecule has 0 saturated carbocycles. The molecule has 2 aromatic rings. The fraction of sp³-hybridized carbons (Fsp3) is 0. The SMILES string of the molecule is O=C(Oc1ccc(S(=O)(=O)O)cc1)c1c(I)c(I)c(I)c(I)c1I. The summed E-state index contributed by atoms with van der Waals surface area (Å²) in [6, 6.07) is 5.00. The van der Waals surface area contributed by atoms with Crippen molar-refractivity contribution in [3.63, 3.8) is 0 Å². The highest BCUT2D eigenvalue weighted by atomic mass is 127. The van der Waals surface area contributed by atoms with Crippen LogP contribution in [0.5, 0.6) is 5.75 Å². The Morgan fingerprint density at radius 2 is 1.25 bits per heavy atom. The largest absolute Gasteiger partial charge is 0.423 e. The first-order valence-corrected chi connectivity index (χ1v) is 12.7. The fourth-order valence-electron chi connectivity index (χ4n) is 1.62. The van der Waals surface area contributed by atoms with Crippen molar-refractivity contribution in [3.05, 3.63) is 47.7 Å². The smallest absolute Gasteiger partial charge is 0.345 e. The standard InChI is InChI=1S/C13H5I5O5S/c14-8-7(9(15)11(17)12(18)10(8)16)13(19)23-5-1-3-6(4-2-5)24(20,21)22/h1-4H,(H,20,21,22). The fourth-order valence-corrected chi connectivity index (χ4v) is 7.30. The summed E-state index contributed by atoms with van der Waals surface area (Å²) in [5, 5.41) is 0. The van der Waals surface area contributed by atoms with E-state index in [9.17, 15) is 13.2 Å². The summed E-state index contributed by atoms with van der Waals surface area (Å²) in [4.78, 5) is 12.3. The highest BCUT2D eigenvalue weighted by Gasteiger charge is 2.24. The van der Waals surface area contributed by atoms with Gasteiger partial charge in [0.05, 0.1) is 10.5 Å². The van der Waals surface area contributed by atoms with Crippen molar-refractivity contribution in [2.75, 3.05) is 0 Å². The molecule has 0 atom stereocenters. The average molecular weight is 908 g/mol. The van der Waals surface area contributed by atoms with Gasteiger partial charge in [-0.3, -0.25) is 4.55 Å². The predicted octanol–water partition coefficient (Wildman–Crippen LogP) is 5.18. The summed E-state index contributed by atoms with van der Waals surface area (Å²) in [7, 11) is -4.28. The summed E-state index contributed by atoms with van der Waals surface area (Å²) >= 11 is 10.8. The minimum Gasteiger partial charge on any atom is -0.423 e. The molecule has 0 aliphatic heterocycles. The van der Waals surface area contributed by atoms with E-state index < -0.39 is 16.1 Å². The van der Waals surface area contributed by atoms with Gasteiger partial charge < -0.3 is 4.74 Å². The maximum Gasteiger partial charge on any atom is 0.345 e. The van der Waals surface area contributed by atoms with Crippen LogP contribution in [0.25, 0.3) is 0 Å². The Morgan fingerprint density at radius 1 is 0.833 bits per heavy atom. The minimum absolute atomic E-state index is 0.197. The summed E-state index contributed by atoms with van der Waals surface area (Å²) in [5.74, 6) is -0.321. The molecule has 0 bridgehead atoms. The summed E-state index contributed by atoms with van der Waals surface area (Å²) < 4.78 is 41.0. The van der Waals surface area contributed by atoms with Crippen molar-refractivity contribution in [3.8, 4) is 5.75 Å². The number of hydrogen-bond acceptors (Lipinski definition) is 4. The van der Waals surface area contributed by atoms with Crippen LogP contribution in [0.1, 0.15) is 10.4 Å². The topological polar surface area (TPSA) is 80.7 Å². The molecule has 0 aliphatic rings. The first kappa shape index (κ1) is 21.8. The van der Waals surface area contributed by atoms with E-state index in [1.165, 1.54) is 24.3 Å². The lowest BCUT2D eigenvalue weighted by molar-refractivity contribution is 0.0732. The molecule has 0 unspecified atom stereocenters. The molecule has 0 radical (unpaired) electrons. The van der Waals surface area contributed by atoms with Gasteiger partial charge in [-0.15, -0.1) is 0 Å². The Hall–Kier alpha value is 1.47. The van der Waals surface area contributed by atoms with Crippen molar-refractivity contribution in [2.24, 2.45) is 0 Å². The monoisotopic (exact) mass is 908 g/mol. The summed E-state index contributed by atoms with van der Waals surface area (Å²) in [6.07, 6.45) is 0. The van der Waals surface area contributed by atoms with E-state index in [2.05, 4.69) is 113 Å². The summed E-state index contributed by atoms with van der Waals surface area (Å²) in [5.41, 5.74) is 0.476. The molecule has 0 fully saturated rings. The van der Waals surface area contributed by atoms with Crippen LogP contribution in [0.2, 0.25) is 0 Å². The molecule has 0 amide bonds. The molecular formula is C13H5I5O5S. The van der Waals surface area contributed by atoms with E-state index >= 15 is 0 Å². The maximum absolute atomic E-state index is 12.5. The first-order valence-electron chi connectivity index (χ1n) is 5.85. The van der Waals surface area contributed by atoms with Crippen molar-refractivity contribution in [1.82, 2.24) is 0 Å². The quantitative estimate of drug-likeness (QED) is 0.115. The second-order valence-electron chi connectivity index (χ2n) is 4.28. The third-order valence-electron chi connectivity index (χ3n) is 2.75. The van der Waals surface area contributed by atoms with Crippen LogP contribution in [0, 0.1) is 17.9 Å². The molecule has 11 heteroatoms. The molecule has 1 N–H and O–H groups in total. The molecule has 0 spiro atoms. The maximum atomic E-state index is 12.5. The molecule has 0 aromatic heterocycles. The molecule has 0 saturated heterocycles. The second-order valence-corrected chi connectivity index (χ2v) is 11.1. The zero-order valence-corrected chi connectivity index (χ0v) is 22.8. The predicted molar refractivity (Wildman–Crippen MR) is 131 cm³/mol. The lowest BCUT2D eigenvalue weighted by Gasteiger charge is -2.13. The molecule has 24 heavy (non-hydrogen) atoms. The van der Waals surface area contributed by atoms with Gasteiger partial charge >= 0.3 is 5.97 Å². The Bertz CT molecular complexity index is 896. The van der Waals surface area contributed by atoms with E-state index in [4.69, 9.17) is 9.29 Å². The highest BCUT2D eigenvalue weighted by Crippen LogP contribution is 2.34. The zero-order valence-electron chi connectivity index (χ0n) is 11.2. The van der Waals surface area contributed by atoms with E-state index in [1.54, 1.807) is 0 Å². The molecule has 2 aromatic carbocycles. The number of benzene rings is 2. The summed E-state index contributed by atoms with van der Waals surface area (Å²) in [6.45, 7) is 0. The van der Waals surface area contributed by atoms with Crippen LogP contribution in [-0.4, -0.2) is 18.9 Å². The van der Waals surface area contributed by atoms with Crippen LogP contribution in [0.15, 0.2) is 29.2 Å². The Labute approximate surface area is 206 Å².